The maximum atomic E-state index is 13.0. The quantitative estimate of drug-likeness (QED) is 0.815. The SMILES string of the molecule is CCCOc1ccc(C(NC)c2ccc(F)cc2)cc1Br. The normalized spacial score (nSPS) is 12.2. The topological polar surface area (TPSA) is 21.3 Å². The van der Waals surface area contributed by atoms with Crippen LogP contribution >= 0.6 is 15.9 Å². The highest BCUT2D eigenvalue weighted by atomic mass is 79.9. The molecule has 1 unspecified atom stereocenters. The number of rotatable bonds is 6. The van der Waals surface area contributed by atoms with Crippen LogP contribution in [0, 0.1) is 5.82 Å². The molecule has 0 aliphatic rings. The summed E-state index contributed by atoms with van der Waals surface area (Å²) in [7, 11) is 1.89. The van der Waals surface area contributed by atoms with Gasteiger partial charge in [-0.25, -0.2) is 4.39 Å². The minimum atomic E-state index is -0.224. The van der Waals surface area contributed by atoms with E-state index in [0.717, 1.165) is 27.8 Å². The largest absolute Gasteiger partial charge is 0.492 e. The van der Waals surface area contributed by atoms with Crippen molar-refractivity contribution in [2.75, 3.05) is 13.7 Å². The Balaban J connectivity index is 2.26. The fourth-order valence-corrected chi connectivity index (χ4v) is 2.72. The monoisotopic (exact) mass is 351 g/mol. The Hall–Kier alpha value is -1.39. The highest BCUT2D eigenvalue weighted by Gasteiger charge is 2.14. The molecule has 0 saturated carbocycles. The zero-order valence-electron chi connectivity index (χ0n) is 12.2. The molecule has 0 amide bonds. The third-order valence-corrected chi connectivity index (χ3v) is 3.86. The number of hydrogen-bond acceptors (Lipinski definition) is 2. The minimum Gasteiger partial charge on any atom is -0.492 e. The molecule has 0 fully saturated rings. The molecule has 2 rings (SSSR count). The highest BCUT2D eigenvalue weighted by Crippen LogP contribution is 2.31. The average molecular weight is 352 g/mol. The Morgan fingerprint density at radius 3 is 2.38 bits per heavy atom. The van der Waals surface area contributed by atoms with Gasteiger partial charge >= 0.3 is 0 Å². The van der Waals surface area contributed by atoms with Crippen molar-refractivity contribution in [2.24, 2.45) is 0 Å². The molecule has 0 aliphatic carbocycles. The number of nitrogens with one attached hydrogen (secondary N) is 1. The van der Waals surface area contributed by atoms with Gasteiger partial charge in [0.25, 0.3) is 0 Å². The maximum absolute atomic E-state index is 13.0. The molecule has 0 aliphatic heterocycles. The summed E-state index contributed by atoms with van der Waals surface area (Å²) < 4.78 is 19.6. The molecule has 0 aromatic heterocycles. The Kier molecular flexibility index (Phi) is 5.76. The third kappa shape index (κ3) is 4.05. The van der Waals surface area contributed by atoms with E-state index in [1.807, 2.05) is 25.2 Å². The predicted molar refractivity (Wildman–Crippen MR) is 87.2 cm³/mol. The van der Waals surface area contributed by atoms with Crippen LogP contribution in [0.4, 0.5) is 4.39 Å². The van der Waals surface area contributed by atoms with Crippen molar-refractivity contribution in [3.05, 3.63) is 63.9 Å². The van der Waals surface area contributed by atoms with Gasteiger partial charge in [0.1, 0.15) is 11.6 Å². The maximum Gasteiger partial charge on any atom is 0.133 e. The first kappa shape index (κ1) is 16.0. The fourth-order valence-electron chi connectivity index (χ4n) is 2.21. The third-order valence-electron chi connectivity index (χ3n) is 3.24. The van der Waals surface area contributed by atoms with Gasteiger partial charge in [-0.15, -0.1) is 0 Å². The Morgan fingerprint density at radius 1 is 1.14 bits per heavy atom. The molecule has 0 spiro atoms. The van der Waals surface area contributed by atoms with Crippen LogP contribution in [0.1, 0.15) is 30.5 Å². The molecule has 2 aromatic carbocycles. The van der Waals surface area contributed by atoms with Crippen LogP contribution in [0.2, 0.25) is 0 Å². The van der Waals surface area contributed by atoms with Crippen molar-refractivity contribution in [3.63, 3.8) is 0 Å². The summed E-state index contributed by atoms with van der Waals surface area (Å²) in [6.07, 6.45) is 0.975. The second kappa shape index (κ2) is 7.57. The van der Waals surface area contributed by atoms with Gasteiger partial charge in [0.05, 0.1) is 17.1 Å². The molecular formula is C17H19BrFNO. The lowest BCUT2D eigenvalue weighted by atomic mass is 9.99. The highest BCUT2D eigenvalue weighted by molar-refractivity contribution is 9.10. The van der Waals surface area contributed by atoms with Crippen molar-refractivity contribution in [1.29, 1.82) is 0 Å². The molecule has 112 valence electrons. The van der Waals surface area contributed by atoms with E-state index in [-0.39, 0.29) is 11.9 Å². The van der Waals surface area contributed by atoms with E-state index in [1.165, 1.54) is 12.1 Å². The van der Waals surface area contributed by atoms with Crippen molar-refractivity contribution < 1.29 is 9.13 Å². The van der Waals surface area contributed by atoms with Crippen LogP contribution in [0.3, 0.4) is 0 Å². The summed E-state index contributed by atoms with van der Waals surface area (Å²) >= 11 is 3.55. The minimum absolute atomic E-state index is 0.0159. The number of ether oxygens (including phenoxy) is 1. The average Bonchev–Trinajstić information content (AvgIpc) is 2.49. The van der Waals surface area contributed by atoms with Crippen molar-refractivity contribution in [3.8, 4) is 5.75 Å². The lowest BCUT2D eigenvalue weighted by Gasteiger charge is -2.18. The molecule has 0 saturated heterocycles. The number of benzene rings is 2. The van der Waals surface area contributed by atoms with Crippen LogP contribution in [-0.4, -0.2) is 13.7 Å². The van der Waals surface area contributed by atoms with E-state index >= 15 is 0 Å². The lowest BCUT2D eigenvalue weighted by Crippen LogP contribution is -2.17. The van der Waals surface area contributed by atoms with Gasteiger partial charge in [0, 0.05) is 0 Å². The van der Waals surface area contributed by atoms with Gasteiger partial charge in [0.2, 0.25) is 0 Å². The van der Waals surface area contributed by atoms with Gasteiger partial charge < -0.3 is 10.1 Å². The molecule has 4 heteroatoms. The first-order chi connectivity index (χ1) is 10.2. The molecule has 1 N–H and O–H groups in total. The summed E-state index contributed by atoms with van der Waals surface area (Å²) in [5.41, 5.74) is 2.12. The predicted octanol–water partition coefficient (Wildman–Crippen LogP) is 4.69. The smallest absolute Gasteiger partial charge is 0.133 e. The number of halogens is 2. The van der Waals surface area contributed by atoms with Crippen LogP contribution in [0.5, 0.6) is 5.75 Å². The van der Waals surface area contributed by atoms with E-state index < -0.39 is 0 Å². The Labute approximate surface area is 133 Å². The van der Waals surface area contributed by atoms with Crippen molar-refractivity contribution in [1.82, 2.24) is 5.32 Å². The summed E-state index contributed by atoms with van der Waals surface area (Å²) in [5, 5.41) is 3.26. The first-order valence-corrected chi connectivity index (χ1v) is 7.80. The molecular weight excluding hydrogens is 333 g/mol. The second-order valence-electron chi connectivity index (χ2n) is 4.81. The summed E-state index contributed by atoms with van der Waals surface area (Å²) in [6, 6.07) is 12.6. The van der Waals surface area contributed by atoms with Gasteiger partial charge in [0.15, 0.2) is 0 Å². The first-order valence-electron chi connectivity index (χ1n) is 7.00. The molecule has 21 heavy (non-hydrogen) atoms. The van der Waals surface area contributed by atoms with Crippen molar-refractivity contribution >= 4 is 15.9 Å². The number of hydrogen-bond donors (Lipinski definition) is 1. The molecule has 0 heterocycles. The Morgan fingerprint density at radius 2 is 1.81 bits per heavy atom. The molecule has 2 aromatic rings. The van der Waals surface area contributed by atoms with Gasteiger partial charge in [-0.1, -0.05) is 25.1 Å². The summed E-state index contributed by atoms with van der Waals surface area (Å²) in [5.74, 6) is 0.618. The van der Waals surface area contributed by atoms with E-state index in [1.54, 1.807) is 12.1 Å². The fraction of sp³-hybridized carbons (Fsp3) is 0.294. The molecule has 0 bridgehead atoms. The zero-order chi connectivity index (χ0) is 15.2. The standard InChI is InChI=1S/C17H19BrFNO/c1-3-10-21-16-9-6-13(11-15(16)18)17(20-2)12-4-7-14(19)8-5-12/h4-9,11,17,20H,3,10H2,1-2H3. The summed E-state index contributed by atoms with van der Waals surface area (Å²) in [4.78, 5) is 0. The van der Waals surface area contributed by atoms with Crippen LogP contribution in [0.15, 0.2) is 46.9 Å². The Bertz CT molecular complexity index is 586. The molecule has 1 atom stereocenters. The van der Waals surface area contributed by atoms with Gasteiger partial charge in [-0.05, 0) is 64.8 Å². The molecule has 0 radical (unpaired) electrons. The molecule has 2 nitrogen and oxygen atoms in total. The summed E-state index contributed by atoms with van der Waals surface area (Å²) in [6.45, 7) is 2.78. The van der Waals surface area contributed by atoms with E-state index in [4.69, 9.17) is 4.74 Å². The van der Waals surface area contributed by atoms with Gasteiger partial charge in [-0.3, -0.25) is 0 Å². The second-order valence-corrected chi connectivity index (χ2v) is 5.67. The van der Waals surface area contributed by atoms with E-state index in [9.17, 15) is 4.39 Å². The van der Waals surface area contributed by atoms with Crippen molar-refractivity contribution in [2.45, 2.75) is 19.4 Å². The van der Waals surface area contributed by atoms with E-state index in [2.05, 4.69) is 28.2 Å². The zero-order valence-corrected chi connectivity index (χ0v) is 13.8. The lowest BCUT2D eigenvalue weighted by molar-refractivity contribution is 0.315. The van der Waals surface area contributed by atoms with Crippen LogP contribution in [0.25, 0.3) is 0 Å². The van der Waals surface area contributed by atoms with Crippen LogP contribution in [-0.2, 0) is 0 Å². The van der Waals surface area contributed by atoms with Crippen LogP contribution < -0.4 is 10.1 Å². The van der Waals surface area contributed by atoms with E-state index in [0.29, 0.717) is 6.61 Å². The van der Waals surface area contributed by atoms with Gasteiger partial charge in [-0.2, -0.15) is 0 Å².